The Morgan fingerprint density at radius 2 is 1.88 bits per heavy atom. The van der Waals surface area contributed by atoms with Crippen LogP contribution >= 0.6 is 11.8 Å². The first kappa shape index (κ1) is 21.1. The smallest absolute Gasteiger partial charge is 0.234 e. The van der Waals surface area contributed by atoms with Crippen molar-refractivity contribution in [3.8, 4) is 22.9 Å². The van der Waals surface area contributed by atoms with Gasteiger partial charge >= 0.3 is 0 Å². The molecule has 9 heteroatoms. The van der Waals surface area contributed by atoms with Gasteiger partial charge in [0.2, 0.25) is 5.91 Å². The molecule has 0 bridgehead atoms. The van der Waals surface area contributed by atoms with Crippen molar-refractivity contribution < 1.29 is 18.7 Å². The molecule has 33 heavy (non-hydrogen) atoms. The zero-order valence-electron chi connectivity index (χ0n) is 18.0. The fourth-order valence-corrected chi connectivity index (χ4v) is 4.31. The second-order valence-corrected chi connectivity index (χ2v) is 8.41. The molecule has 1 aliphatic rings. The van der Waals surface area contributed by atoms with Crippen molar-refractivity contribution >= 4 is 23.4 Å². The molecule has 0 aliphatic carbocycles. The lowest BCUT2D eigenvalue weighted by Gasteiger charge is -2.19. The summed E-state index contributed by atoms with van der Waals surface area (Å²) >= 11 is 1.34. The third-order valence-electron chi connectivity index (χ3n) is 5.16. The second-order valence-electron chi connectivity index (χ2n) is 7.46. The lowest BCUT2D eigenvalue weighted by atomic mass is 10.2. The van der Waals surface area contributed by atoms with Crippen LogP contribution < -0.4 is 14.8 Å². The SMILES string of the molecule is Cc1occc1-c1nnc(SCC(=O)Nc2ccc3c(c2)OCCO3)n1Cc1ccccc1. The fourth-order valence-electron chi connectivity index (χ4n) is 3.57. The number of anilines is 1. The van der Waals surface area contributed by atoms with Gasteiger partial charge in [-0.15, -0.1) is 10.2 Å². The Bertz CT molecular complexity index is 1270. The van der Waals surface area contributed by atoms with Crippen LogP contribution in [0.4, 0.5) is 5.69 Å². The van der Waals surface area contributed by atoms with Crippen molar-refractivity contribution in [3.05, 3.63) is 72.2 Å². The van der Waals surface area contributed by atoms with Crippen LogP contribution in [-0.4, -0.2) is 39.6 Å². The molecule has 0 spiro atoms. The van der Waals surface area contributed by atoms with E-state index in [1.165, 1.54) is 11.8 Å². The standard InChI is InChI=1S/C24H22N4O4S/c1-16-19(9-10-30-16)23-26-27-24(28(23)14-17-5-3-2-4-6-17)33-15-22(29)25-18-7-8-20-21(13-18)32-12-11-31-20/h2-10,13H,11-12,14-15H2,1H3,(H,25,29). The molecule has 0 saturated carbocycles. The molecule has 4 aromatic rings. The lowest BCUT2D eigenvalue weighted by Crippen LogP contribution is -2.17. The molecule has 1 aliphatic heterocycles. The molecular weight excluding hydrogens is 440 g/mol. The van der Waals surface area contributed by atoms with Crippen molar-refractivity contribution in [2.45, 2.75) is 18.6 Å². The van der Waals surface area contributed by atoms with Gasteiger partial charge in [0.05, 0.1) is 24.1 Å². The molecular formula is C24H22N4O4S. The molecule has 2 aromatic carbocycles. The van der Waals surface area contributed by atoms with E-state index < -0.39 is 0 Å². The number of thioether (sulfide) groups is 1. The third kappa shape index (κ3) is 4.73. The van der Waals surface area contributed by atoms with Gasteiger partial charge in [0.1, 0.15) is 19.0 Å². The Morgan fingerprint density at radius 1 is 1.06 bits per heavy atom. The molecule has 2 aromatic heterocycles. The largest absolute Gasteiger partial charge is 0.486 e. The minimum absolute atomic E-state index is 0.146. The average molecular weight is 463 g/mol. The number of hydrogen-bond acceptors (Lipinski definition) is 7. The molecule has 8 nitrogen and oxygen atoms in total. The highest BCUT2D eigenvalue weighted by atomic mass is 32.2. The van der Waals surface area contributed by atoms with E-state index in [1.54, 1.807) is 24.5 Å². The van der Waals surface area contributed by atoms with E-state index in [2.05, 4.69) is 27.6 Å². The van der Waals surface area contributed by atoms with Crippen LogP contribution in [0.5, 0.6) is 11.5 Å². The van der Waals surface area contributed by atoms with Crippen molar-refractivity contribution in [3.63, 3.8) is 0 Å². The predicted octanol–water partition coefficient (Wildman–Crippen LogP) is 4.40. The third-order valence-corrected chi connectivity index (χ3v) is 6.13. The number of aromatic nitrogens is 3. The van der Waals surface area contributed by atoms with Crippen LogP contribution in [0, 0.1) is 6.92 Å². The molecule has 0 unspecified atom stereocenters. The molecule has 168 valence electrons. The van der Waals surface area contributed by atoms with Gasteiger partial charge in [-0.2, -0.15) is 0 Å². The fraction of sp³-hybridized carbons (Fsp3) is 0.208. The van der Waals surface area contributed by atoms with Crippen LogP contribution in [0.15, 0.2) is 70.4 Å². The normalized spacial score (nSPS) is 12.5. The summed E-state index contributed by atoms with van der Waals surface area (Å²) in [5, 5.41) is 12.3. The summed E-state index contributed by atoms with van der Waals surface area (Å²) in [6, 6.07) is 17.3. The van der Waals surface area contributed by atoms with Gasteiger partial charge < -0.3 is 19.2 Å². The summed E-state index contributed by atoms with van der Waals surface area (Å²) in [6.07, 6.45) is 1.64. The number of carbonyl (C=O) groups is 1. The quantitative estimate of drug-likeness (QED) is 0.407. The van der Waals surface area contributed by atoms with E-state index >= 15 is 0 Å². The first-order chi connectivity index (χ1) is 16.2. The van der Waals surface area contributed by atoms with E-state index in [0.29, 0.717) is 47.9 Å². The van der Waals surface area contributed by atoms with Crippen molar-refractivity contribution in [2.75, 3.05) is 24.3 Å². The van der Waals surface area contributed by atoms with Gasteiger partial charge in [-0.05, 0) is 30.7 Å². The molecule has 3 heterocycles. The maximum atomic E-state index is 12.6. The first-order valence-corrected chi connectivity index (χ1v) is 11.5. The topological polar surface area (TPSA) is 91.4 Å². The first-order valence-electron chi connectivity index (χ1n) is 10.5. The highest BCUT2D eigenvalue weighted by Crippen LogP contribution is 2.33. The number of rotatable bonds is 7. The van der Waals surface area contributed by atoms with Crippen molar-refractivity contribution in [1.29, 1.82) is 0 Å². The summed E-state index contributed by atoms with van der Waals surface area (Å²) < 4.78 is 18.6. The molecule has 1 amide bonds. The molecule has 0 radical (unpaired) electrons. The Labute approximate surface area is 194 Å². The van der Waals surface area contributed by atoms with Gasteiger partial charge in [-0.25, -0.2) is 0 Å². The number of fused-ring (bicyclic) bond motifs is 1. The van der Waals surface area contributed by atoms with E-state index in [4.69, 9.17) is 13.9 Å². The number of nitrogens with zero attached hydrogens (tertiary/aromatic N) is 3. The number of amides is 1. The maximum Gasteiger partial charge on any atom is 0.234 e. The Morgan fingerprint density at radius 3 is 2.67 bits per heavy atom. The number of benzene rings is 2. The Balaban J connectivity index is 1.32. The highest BCUT2D eigenvalue weighted by Gasteiger charge is 2.19. The van der Waals surface area contributed by atoms with E-state index in [-0.39, 0.29) is 11.7 Å². The Hall–Kier alpha value is -3.72. The van der Waals surface area contributed by atoms with Gasteiger partial charge in [0.15, 0.2) is 22.5 Å². The molecule has 0 saturated heterocycles. The van der Waals surface area contributed by atoms with Gasteiger partial charge in [-0.1, -0.05) is 42.1 Å². The summed E-state index contributed by atoms with van der Waals surface area (Å²) in [4.78, 5) is 12.6. The molecule has 1 N–H and O–H groups in total. The number of ether oxygens (including phenoxy) is 2. The van der Waals surface area contributed by atoms with Crippen LogP contribution in [0.2, 0.25) is 0 Å². The van der Waals surface area contributed by atoms with Crippen molar-refractivity contribution in [2.24, 2.45) is 0 Å². The highest BCUT2D eigenvalue weighted by molar-refractivity contribution is 7.99. The number of nitrogens with one attached hydrogen (secondary N) is 1. The van der Waals surface area contributed by atoms with Gasteiger partial charge in [0.25, 0.3) is 0 Å². The summed E-state index contributed by atoms with van der Waals surface area (Å²) in [6.45, 7) is 3.50. The zero-order valence-corrected chi connectivity index (χ0v) is 18.8. The summed E-state index contributed by atoms with van der Waals surface area (Å²) in [7, 11) is 0. The number of furan rings is 1. The summed E-state index contributed by atoms with van der Waals surface area (Å²) in [5.74, 6) is 2.83. The van der Waals surface area contributed by atoms with E-state index in [9.17, 15) is 4.79 Å². The summed E-state index contributed by atoms with van der Waals surface area (Å²) in [5.41, 5.74) is 2.65. The minimum Gasteiger partial charge on any atom is -0.486 e. The predicted molar refractivity (Wildman–Crippen MR) is 125 cm³/mol. The van der Waals surface area contributed by atoms with Crippen LogP contribution in [0.25, 0.3) is 11.4 Å². The van der Waals surface area contributed by atoms with Gasteiger partial charge in [-0.3, -0.25) is 9.36 Å². The monoisotopic (exact) mass is 462 g/mol. The molecule has 0 atom stereocenters. The van der Waals surface area contributed by atoms with Crippen LogP contribution in [-0.2, 0) is 11.3 Å². The Kier molecular flexibility index (Phi) is 6.03. The average Bonchev–Trinajstić information content (AvgIpc) is 3.43. The maximum absolute atomic E-state index is 12.6. The second kappa shape index (κ2) is 9.41. The minimum atomic E-state index is -0.146. The number of aryl methyl sites for hydroxylation is 1. The van der Waals surface area contributed by atoms with Crippen LogP contribution in [0.3, 0.4) is 0 Å². The van der Waals surface area contributed by atoms with Gasteiger partial charge in [0, 0.05) is 11.8 Å². The van der Waals surface area contributed by atoms with Crippen LogP contribution in [0.1, 0.15) is 11.3 Å². The number of carbonyl (C=O) groups excluding carboxylic acids is 1. The van der Waals surface area contributed by atoms with Crippen molar-refractivity contribution in [1.82, 2.24) is 14.8 Å². The number of hydrogen-bond donors (Lipinski definition) is 1. The van der Waals surface area contributed by atoms with E-state index in [0.717, 1.165) is 16.9 Å². The molecule has 0 fully saturated rings. The zero-order chi connectivity index (χ0) is 22.6. The lowest BCUT2D eigenvalue weighted by molar-refractivity contribution is -0.113. The molecule has 5 rings (SSSR count). The van der Waals surface area contributed by atoms with E-state index in [1.807, 2.05) is 35.8 Å².